The Kier molecular flexibility index (Phi) is 3.80. The van der Waals surface area contributed by atoms with E-state index in [0.717, 1.165) is 5.56 Å². The topological polar surface area (TPSA) is 72.9 Å². The van der Waals surface area contributed by atoms with Crippen molar-refractivity contribution < 1.29 is 23.3 Å². The minimum Gasteiger partial charge on any atom is -0.459 e. The van der Waals surface area contributed by atoms with E-state index in [9.17, 15) is 13.8 Å². The third kappa shape index (κ3) is 2.21. The standard InChI is InChI=1S/C16H19NO5S/c1-15(2)13(14(19)22-10-11-7-5-4-6-8-11)17-12(18)9-16(17,21-3)23(15)20/h4-8,13H,9-10H2,1-3H3/t13-,16?,23?/m0/s1. The number of esters is 1. The lowest BCUT2D eigenvalue weighted by Crippen LogP contribution is -2.66. The van der Waals surface area contributed by atoms with Crippen LogP contribution in [0.1, 0.15) is 25.8 Å². The molecule has 124 valence electrons. The average molecular weight is 337 g/mol. The zero-order valence-corrected chi connectivity index (χ0v) is 14.1. The molecule has 1 aromatic rings. The number of rotatable bonds is 4. The molecular formula is C16H19NO5S. The number of ether oxygens (including phenoxy) is 2. The van der Waals surface area contributed by atoms with Gasteiger partial charge in [-0.3, -0.25) is 13.9 Å². The first-order valence-electron chi connectivity index (χ1n) is 7.34. The Morgan fingerprint density at radius 1 is 1.35 bits per heavy atom. The molecule has 2 heterocycles. The summed E-state index contributed by atoms with van der Waals surface area (Å²) < 4.78 is 22.5. The number of carbonyl (C=O) groups is 2. The van der Waals surface area contributed by atoms with Crippen LogP contribution in [-0.4, -0.2) is 43.9 Å². The monoisotopic (exact) mass is 337 g/mol. The van der Waals surface area contributed by atoms with Gasteiger partial charge in [-0.25, -0.2) is 4.79 Å². The Morgan fingerprint density at radius 2 is 2.00 bits per heavy atom. The van der Waals surface area contributed by atoms with Gasteiger partial charge < -0.3 is 9.47 Å². The summed E-state index contributed by atoms with van der Waals surface area (Å²) >= 11 is 0. The van der Waals surface area contributed by atoms with Crippen LogP contribution in [0.5, 0.6) is 0 Å². The maximum Gasteiger partial charge on any atom is 0.330 e. The molecule has 3 rings (SSSR count). The maximum atomic E-state index is 12.8. The molecule has 0 bridgehead atoms. The van der Waals surface area contributed by atoms with Crippen molar-refractivity contribution in [2.24, 2.45) is 0 Å². The van der Waals surface area contributed by atoms with Crippen LogP contribution < -0.4 is 0 Å². The molecule has 23 heavy (non-hydrogen) atoms. The van der Waals surface area contributed by atoms with Gasteiger partial charge in [-0.15, -0.1) is 0 Å². The molecule has 0 N–H and O–H groups in total. The first-order valence-corrected chi connectivity index (χ1v) is 8.49. The van der Waals surface area contributed by atoms with Crippen LogP contribution >= 0.6 is 0 Å². The number of amides is 1. The highest BCUT2D eigenvalue weighted by Gasteiger charge is 2.73. The highest BCUT2D eigenvalue weighted by molar-refractivity contribution is 7.88. The molecule has 0 aromatic heterocycles. The van der Waals surface area contributed by atoms with Crippen molar-refractivity contribution in [2.75, 3.05) is 7.11 Å². The van der Waals surface area contributed by atoms with E-state index in [2.05, 4.69) is 0 Å². The molecule has 1 amide bonds. The third-order valence-electron chi connectivity index (χ3n) is 4.46. The van der Waals surface area contributed by atoms with Crippen molar-refractivity contribution in [1.29, 1.82) is 0 Å². The van der Waals surface area contributed by atoms with Gasteiger partial charge in [-0.2, -0.15) is 0 Å². The Labute approximate surface area is 137 Å². The molecule has 0 radical (unpaired) electrons. The van der Waals surface area contributed by atoms with Gasteiger partial charge in [0.25, 0.3) is 0 Å². The van der Waals surface area contributed by atoms with Crippen molar-refractivity contribution in [3.8, 4) is 0 Å². The Morgan fingerprint density at radius 3 is 2.57 bits per heavy atom. The van der Waals surface area contributed by atoms with Crippen LogP contribution in [0.25, 0.3) is 0 Å². The maximum absolute atomic E-state index is 12.8. The summed E-state index contributed by atoms with van der Waals surface area (Å²) in [5.74, 6) is -0.799. The number of hydrogen-bond acceptors (Lipinski definition) is 5. The zero-order chi connectivity index (χ0) is 16.8. The van der Waals surface area contributed by atoms with E-state index in [0.29, 0.717) is 0 Å². The molecule has 2 saturated heterocycles. The number of β-lactam (4-membered cyclic amide) rings is 1. The predicted molar refractivity (Wildman–Crippen MR) is 83.5 cm³/mol. The number of hydrogen-bond donors (Lipinski definition) is 0. The number of fused-ring (bicyclic) bond motifs is 1. The van der Waals surface area contributed by atoms with Crippen molar-refractivity contribution >= 4 is 22.7 Å². The molecule has 0 aliphatic carbocycles. The van der Waals surface area contributed by atoms with Crippen LogP contribution in [0, 0.1) is 0 Å². The Hall–Kier alpha value is -1.73. The summed E-state index contributed by atoms with van der Waals surface area (Å²) in [5.41, 5.74) is 0.853. The summed E-state index contributed by atoms with van der Waals surface area (Å²) in [6, 6.07) is 8.37. The Bertz CT molecular complexity index is 674. The van der Waals surface area contributed by atoms with Crippen molar-refractivity contribution in [2.45, 2.75) is 42.7 Å². The van der Waals surface area contributed by atoms with E-state index in [-0.39, 0.29) is 18.9 Å². The SMILES string of the molecule is COC12CC(=O)N1[C@@H](C(=O)OCc1ccccc1)C(C)(C)S2=O. The van der Waals surface area contributed by atoms with Crippen LogP contribution in [0.3, 0.4) is 0 Å². The molecule has 0 saturated carbocycles. The molecule has 7 heteroatoms. The van der Waals surface area contributed by atoms with Crippen molar-refractivity contribution in [3.63, 3.8) is 0 Å². The molecule has 2 fully saturated rings. The summed E-state index contributed by atoms with van der Waals surface area (Å²) in [6.07, 6.45) is 0.0298. The van der Waals surface area contributed by atoms with E-state index in [1.807, 2.05) is 30.3 Å². The number of benzene rings is 1. The van der Waals surface area contributed by atoms with E-state index in [1.54, 1.807) is 13.8 Å². The van der Waals surface area contributed by atoms with E-state index < -0.39 is 32.6 Å². The predicted octanol–water partition coefficient (Wildman–Crippen LogP) is 1.17. The normalized spacial score (nSPS) is 31.4. The van der Waals surface area contributed by atoms with Gasteiger partial charge in [0, 0.05) is 7.11 Å². The largest absolute Gasteiger partial charge is 0.459 e. The molecular weight excluding hydrogens is 318 g/mol. The zero-order valence-electron chi connectivity index (χ0n) is 13.3. The smallest absolute Gasteiger partial charge is 0.330 e. The molecule has 2 aliphatic rings. The van der Waals surface area contributed by atoms with Crippen LogP contribution in [0.15, 0.2) is 30.3 Å². The summed E-state index contributed by atoms with van der Waals surface area (Å²) in [5, 5.41) is -1.20. The molecule has 2 unspecified atom stereocenters. The third-order valence-corrected chi connectivity index (χ3v) is 6.73. The second kappa shape index (κ2) is 5.42. The molecule has 0 spiro atoms. The quantitative estimate of drug-likeness (QED) is 0.609. The van der Waals surface area contributed by atoms with Gasteiger partial charge in [0.1, 0.15) is 12.6 Å². The molecule has 1 aromatic carbocycles. The van der Waals surface area contributed by atoms with Gasteiger partial charge in [0.05, 0.1) is 22.0 Å². The van der Waals surface area contributed by atoms with Gasteiger partial charge in [0.15, 0.2) is 0 Å². The van der Waals surface area contributed by atoms with E-state index >= 15 is 0 Å². The lowest BCUT2D eigenvalue weighted by atomic mass is 9.97. The van der Waals surface area contributed by atoms with Gasteiger partial charge in [-0.1, -0.05) is 30.3 Å². The molecule has 6 nitrogen and oxygen atoms in total. The van der Waals surface area contributed by atoms with E-state index in [1.165, 1.54) is 12.0 Å². The fourth-order valence-corrected chi connectivity index (χ4v) is 5.24. The molecule has 2 aliphatic heterocycles. The first-order chi connectivity index (χ1) is 10.8. The second-order valence-electron chi connectivity index (χ2n) is 6.23. The minimum absolute atomic E-state index is 0.0298. The summed E-state index contributed by atoms with van der Waals surface area (Å²) in [6.45, 7) is 3.51. The Balaban J connectivity index is 1.82. The number of methoxy groups -OCH3 is 1. The van der Waals surface area contributed by atoms with Crippen LogP contribution in [0.4, 0.5) is 0 Å². The molecule has 3 atom stereocenters. The second-order valence-corrected chi connectivity index (χ2v) is 8.45. The fourth-order valence-electron chi connectivity index (χ4n) is 3.22. The lowest BCUT2D eigenvalue weighted by molar-refractivity contribution is -0.191. The first kappa shape index (κ1) is 16.1. The van der Waals surface area contributed by atoms with Gasteiger partial charge in [-0.05, 0) is 19.4 Å². The van der Waals surface area contributed by atoms with Crippen molar-refractivity contribution in [1.82, 2.24) is 4.90 Å². The van der Waals surface area contributed by atoms with Gasteiger partial charge >= 0.3 is 5.97 Å². The van der Waals surface area contributed by atoms with Crippen molar-refractivity contribution in [3.05, 3.63) is 35.9 Å². The minimum atomic E-state index is -1.52. The number of nitrogens with zero attached hydrogens (tertiary/aromatic N) is 1. The summed E-state index contributed by atoms with van der Waals surface area (Å²) in [7, 11) is -0.109. The summed E-state index contributed by atoms with van der Waals surface area (Å²) in [4.78, 5) is 25.9. The van der Waals surface area contributed by atoms with Crippen LogP contribution in [0.2, 0.25) is 0 Å². The number of carbonyl (C=O) groups excluding carboxylic acids is 2. The van der Waals surface area contributed by atoms with Gasteiger partial charge in [0.2, 0.25) is 11.0 Å². The highest BCUT2D eigenvalue weighted by Crippen LogP contribution is 2.51. The highest BCUT2D eigenvalue weighted by atomic mass is 32.2. The average Bonchev–Trinajstić information content (AvgIpc) is 2.68. The van der Waals surface area contributed by atoms with E-state index in [4.69, 9.17) is 9.47 Å². The fraction of sp³-hybridized carbons (Fsp3) is 0.500. The van der Waals surface area contributed by atoms with Crippen LogP contribution in [-0.2, 0) is 36.5 Å². The lowest BCUT2D eigenvalue weighted by Gasteiger charge is -2.45.